The predicted octanol–water partition coefficient (Wildman–Crippen LogP) is 3.87. The van der Waals surface area contributed by atoms with Crippen molar-refractivity contribution in [3.05, 3.63) is 59.7 Å². The van der Waals surface area contributed by atoms with E-state index in [4.69, 9.17) is 9.84 Å². The maximum Gasteiger partial charge on any atom is 0.407 e. The number of aliphatic carboxylic acids is 1. The van der Waals surface area contributed by atoms with Gasteiger partial charge in [0.25, 0.3) is 0 Å². The number of hydrogen-bond acceptors (Lipinski definition) is 4. The standard InChI is InChI=1S/C26H30N2O5/c1-17(25(31)28-14-18(15-28)7-6-12-24(29)30)13-27-26(32)33-16-23-21-10-4-2-8-19(21)20-9-3-5-11-22(20)23/h2-5,8-11,17-18,23H,6-7,12-16H2,1H3,(H,27,32)(H,29,30). The Labute approximate surface area is 193 Å². The third kappa shape index (κ3) is 5.18. The molecule has 1 fully saturated rings. The lowest BCUT2D eigenvalue weighted by atomic mass is 9.92. The predicted molar refractivity (Wildman–Crippen MR) is 124 cm³/mol. The molecule has 0 aromatic heterocycles. The summed E-state index contributed by atoms with van der Waals surface area (Å²) in [5, 5.41) is 11.4. The number of carboxylic acids is 1. The van der Waals surface area contributed by atoms with Gasteiger partial charge in [-0.05, 0) is 41.0 Å². The van der Waals surface area contributed by atoms with Gasteiger partial charge in [-0.2, -0.15) is 0 Å². The van der Waals surface area contributed by atoms with Gasteiger partial charge in [0.05, 0.1) is 5.92 Å². The number of fused-ring (bicyclic) bond motifs is 3. The van der Waals surface area contributed by atoms with Gasteiger partial charge in [-0.3, -0.25) is 9.59 Å². The van der Waals surface area contributed by atoms with Crippen molar-refractivity contribution in [1.82, 2.24) is 10.2 Å². The number of likely N-dealkylation sites (tertiary alicyclic amines) is 1. The van der Waals surface area contributed by atoms with Crippen LogP contribution in [0.15, 0.2) is 48.5 Å². The highest BCUT2D eigenvalue weighted by atomic mass is 16.5. The molecular weight excluding hydrogens is 420 g/mol. The summed E-state index contributed by atoms with van der Waals surface area (Å²) in [5.41, 5.74) is 4.67. The van der Waals surface area contributed by atoms with E-state index in [-0.39, 0.29) is 37.3 Å². The lowest BCUT2D eigenvalue weighted by molar-refractivity contribution is -0.142. The van der Waals surface area contributed by atoms with Crippen LogP contribution in [-0.2, 0) is 14.3 Å². The number of hydrogen-bond donors (Lipinski definition) is 2. The maximum atomic E-state index is 12.5. The Bertz CT molecular complexity index is 985. The van der Waals surface area contributed by atoms with E-state index < -0.39 is 12.1 Å². The zero-order chi connectivity index (χ0) is 23.4. The van der Waals surface area contributed by atoms with E-state index in [1.165, 1.54) is 11.1 Å². The molecule has 33 heavy (non-hydrogen) atoms. The molecule has 0 bridgehead atoms. The molecule has 2 amide bonds. The third-order valence-electron chi connectivity index (χ3n) is 6.59. The normalized spacial score (nSPS) is 15.8. The largest absolute Gasteiger partial charge is 0.481 e. The van der Waals surface area contributed by atoms with Crippen LogP contribution in [0.1, 0.15) is 43.2 Å². The van der Waals surface area contributed by atoms with E-state index >= 15 is 0 Å². The Balaban J connectivity index is 1.20. The summed E-state index contributed by atoms with van der Waals surface area (Å²) in [7, 11) is 0. The molecule has 0 spiro atoms. The molecule has 4 rings (SSSR count). The monoisotopic (exact) mass is 450 g/mol. The number of nitrogens with one attached hydrogen (secondary N) is 1. The van der Waals surface area contributed by atoms with Gasteiger partial charge in [-0.1, -0.05) is 55.5 Å². The van der Waals surface area contributed by atoms with Crippen LogP contribution in [0.4, 0.5) is 4.79 Å². The first-order chi connectivity index (χ1) is 15.9. The van der Waals surface area contributed by atoms with Crippen LogP contribution in [0.5, 0.6) is 0 Å². The summed E-state index contributed by atoms with van der Waals surface area (Å²) in [6, 6.07) is 16.4. The van der Waals surface area contributed by atoms with E-state index in [0.717, 1.165) is 17.5 Å². The summed E-state index contributed by atoms with van der Waals surface area (Å²) in [6.45, 7) is 3.58. The van der Waals surface area contributed by atoms with Crippen molar-refractivity contribution in [1.29, 1.82) is 0 Å². The average molecular weight is 451 g/mol. The van der Waals surface area contributed by atoms with Crippen LogP contribution in [0.25, 0.3) is 11.1 Å². The van der Waals surface area contributed by atoms with Crippen molar-refractivity contribution in [2.24, 2.45) is 11.8 Å². The second-order valence-corrected chi connectivity index (χ2v) is 9.00. The van der Waals surface area contributed by atoms with Gasteiger partial charge < -0.3 is 20.1 Å². The average Bonchev–Trinajstić information content (AvgIpc) is 3.10. The molecular formula is C26H30N2O5. The molecule has 1 atom stereocenters. The highest BCUT2D eigenvalue weighted by molar-refractivity contribution is 5.81. The molecule has 2 N–H and O–H groups in total. The molecule has 2 aliphatic rings. The zero-order valence-corrected chi connectivity index (χ0v) is 18.8. The number of alkyl carbamates (subject to hydrolysis) is 1. The molecule has 2 aromatic carbocycles. The van der Waals surface area contributed by atoms with Crippen molar-refractivity contribution in [2.45, 2.75) is 32.1 Å². The zero-order valence-electron chi connectivity index (χ0n) is 18.8. The number of carbonyl (C=O) groups excluding carboxylic acids is 2. The van der Waals surface area contributed by atoms with Gasteiger partial charge in [0, 0.05) is 32.0 Å². The van der Waals surface area contributed by atoms with Crippen LogP contribution in [-0.4, -0.2) is 54.2 Å². The molecule has 0 saturated carbocycles. The molecule has 7 nitrogen and oxygen atoms in total. The highest BCUT2D eigenvalue weighted by Gasteiger charge is 2.33. The van der Waals surface area contributed by atoms with Gasteiger partial charge in [-0.25, -0.2) is 4.79 Å². The maximum absolute atomic E-state index is 12.5. The minimum atomic E-state index is -0.782. The Kier molecular flexibility index (Phi) is 6.96. The number of nitrogens with zero attached hydrogens (tertiary/aromatic N) is 1. The Morgan fingerprint density at radius 1 is 1.06 bits per heavy atom. The second kappa shape index (κ2) is 10.1. The highest BCUT2D eigenvalue weighted by Crippen LogP contribution is 2.44. The summed E-state index contributed by atoms with van der Waals surface area (Å²) < 4.78 is 5.53. The number of rotatable bonds is 9. The van der Waals surface area contributed by atoms with Crippen LogP contribution in [0.3, 0.4) is 0 Å². The Morgan fingerprint density at radius 3 is 2.27 bits per heavy atom. The Hall–Kier alpha value is -3.35. The quantitative estimate of drug-likeness (QED) is 0.605. The van der Waals surface area contributed by atoms with Crippen LogP contribution < -0.4 is 5.32 Å². The van der Waals surface area contributed by atoms with E-state index in [9.17, 15) is 14.4 Å². The molecule has 2 aromatic rings. The molecule has 7 heteroatoms. The number of carboxylic acid groups (broad SMARTS) is 1. The lowest BCUT2D eigenvalue weighted by Crippen LogP contribution is -2.53. The van der Waals surface area contributed by atoms with Gasteiger partial charge in [0.1, 0.15) is 6.61 Å². The minimum Gasteiger partial charge on any atom is -0.481 e. The number of ether oxygens (including phenoxy) is 1. The molecule has 1 unspecified atom stereocenters. The first-order valence-electron chi connectivity index (χ1n) is 11.5. The number of amides is 2. The van der Waals surface area contributed by atoms with Gasteiger partial charge in [0.15, 0.2) is 0 Å². The molecule has 1 aliphatic heterocycles. The minimum absolute atomic E-state index is 0.00125. The molecule has 1 aliphatic carbocycles. The fourth-order valence-electron chi connectivity index (χ4n) is 4.76. The molecule has 0 radical (unpaired) electrons. The fourth-order valence-corrected chi connectivity index (χ4v) is 4.76. The van der Waals surface area contributed by atoms with Crippen molar-refractivity contribution >= 4 is 18.0 Å². The van der Waals surface area contributed by atoms with Gasteiger partial charge in [-0.15, -0.1) is 0 Å². The van der Waals surface area contributed by atoms with Crippen LogP contribution in [0.2, 0.25) is 0 Å². The number of benzene rings is 2. The third-order valence-corrected chi connectivity index (χ3v) is 6.59. The first kappa shape index (κ1) is 22.8. The smallest absolute Gasteiger partial charge is 0.407 e. The SMILES string of the molecule is CC(CNC(=O)OCC1c2ccccc2-c2ccccc21)C(=O)N1CC(CCCC(=O)O)C1. The van der Waals surface area contributed by atoms with E-state index in [0.29, 0.717) is 25.4 Å². The lowest BCUT2D eigenvalue weighted by Gasteiger charge is -2.40. The van der Waals surface area contributed by atoms with Crippen molar-refractivity contribution in [3.63, 3.8) is 0 Å². The summed E-state index contributed by atoms with van der Waals surface area (Å²) in [5.74, 6) is -0.749. The summed E-state index contributed by atoms with van der Waals surface area (Å²) in [6.07, 6.45) is 1.11. The second-order valence-electron chi connectivity index (χ2n) is 9.00. The molecule has 174 valence electrons. The van der Waals surface area contributed by atoms with Crippen LogP contribution >= 0.6 is 0 Å². The topological polar surface area (TPSA) is 95.9 Å². The first-order valence-corrected chi connectivity index (χ1v) is 11.5. The fraction of sp³-hybridized carbons (Fsp3) is 0.423. The van der Waals surface area contributed by atoms with Crippen molar-refractivity contribution < 1.29 is 24.2 Å². The van der Waals surface area contributed by atoms with E-state index in [1.54, 1.807) is 11.8 Å². The summed E-state index contributed by atoms with van der Waals surface area (Å²) in [4.78, 5) is 37.2. The van der Waals surface area contributed by atoms with Crippen molar-refractivity contribution in [2.75, 3.05) is 26.2 Å². The van der Waals surface area contributed by atoms with Crippen molar-refractivity contribution in [3.8, 4) is 11.1 Å². The van der Waals surface area contributed by atoms with Crippen LogP contribution in [0, 0.1) is 11.8 Å². The molecule has 1 heterocycles. The molecule has 1 saturated heterocycles. The van der Waals surface area contributed by atoms with E-state index in [2.05, 4.69) is 29.6 Å². The van der Waals surface area contributed by atoms with Gasteiger partial charge in [0.2, 0.25) is 5.91 Å². The Morgan fingerprint density at radius 2 is 1.67 bits per heavy atom. The van der Waals surface area contributed by atoms with Gasteiger partial charge >= 0.3 is 12.1 Å². The number of carbonyl (C=O) groups is 3. The van der Waals surface area contributed by atoms with E-state index in [1.807, 2.05) is 24.3 Å². The summed E-state index contributed by atoms with van der Waals surface area (Å²) >= 11 is 0.